The third-order valence-electron chi connectivity index (χ3n) is 4.71. The van der Waals surface area contributed by atoms with Crippen LogP contribution in [0.3, 0.4) is 0 Å². The third kappa shape index (κ3) is 7.30. The summed E-state index contributed by atoms with van der Waals surface area (Å²) in [7, 11) is 0.464. The SMILES string of the molecule is CCOB[C@H](CC(C)C)NC(=O)C(CC)NC(=O)c1cccc(-c2ccccc2)n1. The molecule has 2 rings (SSSR count). The van der Waals surface area contributed by atoms with Crippen molar-refractivity contribution in [1.82, 2.24) is 15.6 Å². The Morgan fingerprint density at radius 1 is 1.03 bits per heavy atom. The second-order valence-corrected chi connectivity index (χ2v) is 7.70. The first-order chi connectivity index (χ1) is 14.4. The van der Waals surface area contributed by atoms with Gasteiger partial charge in [-0.2, -0.15) is 0 Å². The van der Waals surface area contributed by atoms with Crippen molar-refractivity contribution >= 4 is 19.3 Å². The molecule has 1 aromatic carbocycles. The number of carbonyl (C=O) groups is 2. The van der Waals surface area contributed by atoms with Crippen molar-refractivity contribution in [2.75, 3.05) is 6.61 Å². The normalized spacial score (nSPS) is 12.8. The predicted molar refractivity (Wildman–Crippen MR) is 121 cm³/mol. The smallest absolute Gasteiger partial charge is 0.297 e. The van der Waals surface area contributed by atoms with E-state index in [0.29, 0.717) is 26.4 Å². The zero-order valence-corrected chi connectivity index (χ0v) is 18.4. The number of amides is 2. The van der Waals surface area contributed by atoms with Gasteiger partial charge in [-0.05, 0) is 37.8 Å². The van der Waals surface area contributed by atoms with Crippen molar-refractivity contribution in [3.05, 3.63) is 54.2 Å². The Kier molecular flexibility index (Phi) is 9.54. The second kappa shape index (κ2) is 12.1. The van der Waals surface area contributed by atoms with Gasteiger partial charge in [-0.3, -0.25) is 9.59 Å². The first kappa shape index (κ1) is 23.6. The van der Waals surface area contributed by atoms with E-state index < -0.39 is 6.04 Å². The van der Waals surface area contributed by atoms with Crippen LogP contribution in [0.4, 0.5) is 0 Å². The maximum atomic E-state index is 12.8. The number of aromatic nitrogens is 1. The van der Waals surface area contributed by atoms with Crippen LogP contribution in [0.5, 0.6) is 0 Å². The summed E-state index contributed by atoms with van der Waals surface area (Å²) in [5.74, 6) is -0.214. The Morgan fingerprint density at radius 3 is 2.40 bits per heavy atom. The summed E-state index contributed by atoms with van der Waals surface area (Å²) in [6.45, 7) is 8.62. The summed E-state index contributed by atoms with van der Waals surface area (Å²) in [4.78, 5) is 30.0. The second-order valence-electron chi connectivity index (χ2n) is 7.70. The summed E-state index contributed by atoms with van der Waals surface area (Å²) in [6.07, 6.45) is 1.30. The first-order valence-electron chi connectivity index (χ1n) is 10.7. The molecule has 0 aliphatic heterocycles. The topological polar surface area (TPSA) is 80.3 Å². The van der Waals surface area contributed by atoms with Gasteiger partial charge in [-0.1, -0.05) is 57.2 Å². The number of hydrogen-bond donors (Lipinski definition) is 2. The molecule has 0 aliphatic carbocycles. The van der Waals surface area contributed by atoms with Crippen molar-refractivity contribution in [2.45, 2.75) is 52.5 Å². The lowest BCUT2D eigenvalue weighted by Gasteiger charge is -2.23. The molecule has 1 aromatic heterocycles. The van der Waals surface area contributed by atoms with Gasteiger partial charge in [0.2, 0.25) is 5.91 Å². The molecule has 7 heteroatoms. The molecular formula is C23H32BN3O3. The molecule has 160 valence electrons. The molecule has 2 amide bonds. The monoisotopic (exact) mass is 409 g/mol. The maximum Gasteiger partial charge on any atom is 0.297 e. The fourth-order valence-corrected chi connectivity index (χ4v) is 3.22. The molecule has 1 unspecified atom stereocenters. The third-order valence-corrected chi connectivity index (χ3v) is 4.71. The molecule has 6 nitrogen and oxygen atoms in total. The Bertz CT molecular complexity index is 814. The summed E-state index contributed by atoms with van der Waals surface area (Å²) >= 11 is 0. The van der Waals surface area contributed by atoms with E-state index in [2.05, 4.69) is 29.5 Å². The molecule has 2 aromatic rings. The van der Waals surface area contributed by atoms with Crippen LogP contribution in [0.1, 0.15) is 51.0 Å². The Balaban J connectivity index is 2.05. The predicted octanol–water partition coefficient (Wildman–Crippen LogP) is 3.13. The van der Waals surface area contributed by atoms with E-state index >= 15 is 0 Å². The summed E-state index contributed by atoms with van der Waals surface area (Å²) in [6, 6.07) is 14.4. The van der Waals surface area contributed by atoms with Crippen molar-refractivity contribution in [2.24, 2.45) is 5.92 Å². The van der Waals surface area contributed by atoms with E-state index in [1.165, 1.54) is 0 Å². The largest absolute Gasteiger partial charge is 0.437 e. The quantitative estimate of drug-likeness (QED) is 0.559. The highest BCUT2D eigenvalue weighted by Gasteiger charge is 2.24. The number of pyridine rings is 1. The summed E-state index contributed by atoms with van der Waals surface area (Å²) < 4.78 is 5.50. The Morgan fingerprint density at radius 2 is 1.77 bits per heavy atom. The van der Waals surface area contributed by atoms with Crippen LogP contribution < -0.4 is 10.6 Å². The minimum Gasteiger partial charge on any atom is -0.437 e. The molecule has 30 heavy (non-hydrogen) atoms. The summed E-state index contributed by atoms with van der Waals surface area (Å²) in [5, 5.41) is 5.85. The van der Waals surface area contributed by atoms with Crippen LogP contribution in [0.2, 0.25) is 0 Å². The minimum absolute atomic E-state index is 0.0806. The number of benzene rings is 1. The van der Waals surface area contributed by atoms with Gasteiger partial charge in [0.1, 0.15) is 11.7 Å². The lowest BCUT2D eigenvalue weighted by molar-refractivity contribution is -0.123. The van der Waals surface area contributed by atoms with Gasteiger partial charge in [-0.25, -0.2) is 4.98 Å². The number of hydrogen-bond acceptors (Lipinski definition) is 4. The van der Waals surface area contributed by atoms with Crippen LogP contribution in [0, 0.1) is 5.92 Å². The van der Waals surface area contributed by atoms with E-state index in [0.717, 1.165) is 17.7 Å². The van der Waals surface area contributed by atoms with Crippen molar-refractivity contribution in [3.8, 4) is 11.3 Å². The van der Waals surface area contributed by atoms with Gasteiger partial charge >= 0.3 is 0 Å². The molecule has 0 bridgehead atoms. The van der Waals surface area contributed by atoms with E-state index in [9.17, 15) is 9.59 Å². The highest BCUT2D eigenvalue weighted by Crippen LogP contribution is 2.16. The molecule has 1 heterocycles. The molecular weight excluding hydrogens is 377 g/mol. The molecule has 0 saturated carbocycles. The van der Waals surface area contributed by atoms with Crippen molar-refractivity contribution in [1.29, 1.82) is 0 Å². The van der Waals surface area contributed by atoms with Crippen LogP contribution in [0.25, 0.3) is 11.3 Å². The van der Waals surface area contributed by atoms with Gasteiger partial charge in [-0.15, -0.1) is 0 Å². The molecule has 0 saturated heterocycles. The summed E-state index contributed by atoms with van der Waals surface area (Å²) in [5.41, 5.74) is 1.94. The van der Waals surface area contributed by atoms with Crippen LogP contribution in [-0.2, 0) is 9.45 Å². The number of carbonyl (C=O) groups excluding carboxylic acids is 2. The number of nitrogens with one attached hydrogen (secondary N) is 2. The maximum absolute atomic E-state index is 12.8. The van der Waals surface area contributed by atoms with Gasteiger partial charge in [0.25, 0.3) is 13.4 Å². The Labute approximate surface area is 180 Å². The molecule has 0 spiro atoms. The highest BCUT2D eigenvalue weighted by molar-refractivity contribution is 6.30. The van der Waals surface area contributed by atoms with Gasteiger partial charge < -0.3 is 15.3 Å². The fraction of sp³-hybridized carbons (Fsp3) is 0.435. The van der Waals surface area contributed by atoms with E-state index in [4.69, 9.17) is 4.65 Å². The van der Waals surface area contributed by atoms with Gasteiger partial charge in [0.05, 0.1) is 5.69 Å². The van der Waals surface area contributed by atoms with Crippen LogP contribution in [0.15, 0.2) is 48.5 Å². The molecule has 2 N–H and O–H groups in total. The van der Waals surface area contributed by atoms with Crippen LogP contribution >= 0.6 is 0 Å². The molecule has 2 atom stereocenters. The van der Waals surface area contributed by atoms with E-state index in [1.807, 2.05) is 50.2 Å². The number of rotatable bonds is 11. The lowest BCUT2D eigenvalue weighted by Crippen LogP contribution is -2.51. The standard InChI is InChI=1S/C23H32BN3O3/c1-5-18(22(28)27-21(15-16(3)4)24-30-6-2)26-23(29)20-14-10-13-19(25-20)17-11-8-7-9-12-17/h7-14,16,18,21,24H,5-6,15H2,1-4H3,(H,26,29)(H,27,28)/t18?,21-/m0/s1. The first-order valence-corrected chi connectivity index (χ1v) is 10.7. The van der Waals surface area contributed by atoms with Crippen molar-refractivity contribution < 1.29 is 14.2 Å². The van der Waals surface area contributed by atoms with E-state index in [-0.39, 0.29) is 23.4 Å². The molecule has 0 aliphatic rings. The van der Waals surface area contributed by atoms with Gasteiger partial charge in [0, 0.05) is 18.1 Å². The average Bonchev–Trinajstić information content (AvgIpc) is 2.75. The zero-order valence-electron chi connectivity index (χ0n) is 18.4. The molecule has 0 radical (unpaired) electrons. The molecule has 0 fully saturated rings. The van der Waals surface area contributed by atoms with Crippen molar-refractivity contribution in [3.63, 3.8) is 0 Å². The Hall–Kier alpha value is -2.67. The lowest BCUT2D eigenvalue weighted by atomic mass is 9.81. The minimum atomic E-state index is -0.629. The van der Waals surface area contributed by atoms with Gasteiger partial charge in [0.15, 0.2) is 0 Å². The average molecular weight is 409 g/mol. The number of nitrogens with zero attached hydrogens (tertiary/aromatic N) is 1. The zero-order chi connectivity index (χ0) is 21.9. The highest BCUT2D eigenvalue weighted by atomic mass is 16.4. The van der Waals surface area contributed by atoms with E-state index in [1.54, 1.807) is 12.1 Å². The van der Waals surface area contributed by atoms with Crippen LogP contribution in [-0.4, -0.2) is 42.9 Å². The fourth-order valence-electron chi connectivity index (χ4n) is 3.22.